The number of benzene rings is 2. The van der Waals surface area contributed by atoms with Crippen LogP contribution in [-0.4, -0.2) is 55.1 Å². The van der Waals surface area contributed by atoms with E-state index in [4.69, 9.17) is 14.2 Å². The first-order valence-corrected chi connectivity index (χ1v) is 15.9. The number of pyridine rings is 1. The molecule has 11 nitrogen and oxygen atoms in total. The van der Waals surface area contributed by atoms with Crippen molar-refractivity contribution in [2.75, 3.05) is 11.5 Å². The van der Waals surface area contributed by atoms with Gasteiger partial charge in [0.25, 0.3) is 0 Å². The minimum atomic E-state index is -4.83. The highest BCUT2D eigenvalue weighted by molar-refractivity contribution is 7.79. The Bertz CT molecular complexity index is 1780. The number of hydrogen-bond acceptors (Lipinski definition) is 9. The number of halogens is 5. The fourth-order valence-electron chi connectivity index (χ4n) is 4.08. The van der Waals surface area contributed by atoms with Crippen LogP contribution >= 0.6 is 0 Å². The zero-order valence-electron chi connectivity index (χ0n) is 28.1. The molecule has 2 aromatic heterocycles. The molecule has 0 aliphatic rings. The summed E-state index contributed by atoms with van der Waals surface area (Å²) in [7, 11) is 0. The molecule has 1 unspecified atom stereocenters. The fraction of sp³-hybridized carbons (Fsp3) is 0.364. The van der Waals surface area contributed by atoms with Crippen molar-refractivity contribution < 1.29 is 59.3 Å². The maximum absolute atomic E-state index is 15.3. The third-order valence-corrected chi connectivity index (χ3v) is 6.73. The lowest BCUT2D eigenvalue weighted by Crippen LogP contribution is -2.43. The van der Waals surface area contributed by atoms with Gasteiger partial charge in [0.1, 0.15) is 22.6 Å². The number of H-pyrrole nitrogens is 1. The molecule has 2 amide bonds. The summed E-state index contributed by atoms with van der Waals surface area (Å²) in [4.78, 5) is 33.1. The van der Waals surface area contributed by atoms with Gasteiger partial charge in [-0.15, -0.1) is 13.2 Å². The minimum Gasteiger partial charge on any atom is -0.768 e. The van der Waals surface area contributed by atoms with Crippen LogP contribution in [0.2, 0.25) is 0 Å². The summed E-state index contributed by atoms with van der Waals surface area (Å²) in [6.45, 7) is 10.4. The maximum Gasteiger partial charge on any atom is 0.522 e. The van der Waals surface area contributed by atoms with Gasteiger partial charge in [0.15, 0.2) is 17.4 Å². The third-order valence-electron chi connectivity index (χ3n) is 6.07. The van der Waals surface area contributed by atoms with Gasteiger partial charge in [-0.1, -0.05) is 17.7 Å². The second-order valence-corrected chi connectivity index (χ2v) is 13.5. The third kappa shape index (κ3) is 11.8. The van der Waals surface area contributed by atoms with Crippen LogP contribution in [0.4, 0.5) is 37.2 Å². The van der Waals surface area contributed by atoms with Gasteiger partial charge < -0.3 is 23.7 Å². The molecular weight excluding hydrogens is 693 g/mol. The van der Waals surface area contributed by atoms with Gasteiger partial charge in [-0.25, -0.2) is 23.4 Å². The first kappa shape index (κ1) is 39.8. The molecule has 1 atom stereocenters. The molecule has 0 aliphatic carbocycles. The lowest BCUT2D eigenvalue weighted by Gasteiger charge is -2.28. The Kier molecular flexibility index (Phi) is 12.7. The quantitative estimate of drug-likeness (QED) is 0.146. The lowest BCUT2D eigenvalue weighted by atomic mass is 10.1. The van der Waals surface area contributed by atoms with Crippen LogP contribution in [0.25, 0.3) is 11.0 Å². The number of aromatic nitrogens is 2. The van der Waals surface area contributed by atoms with Crippen molar-refractivity contribution in [2.24, 2.45) is 0 Å². The second kappa shape index (κ2) is 15.9. The Morgan fingerprint density at radius 1 is 0.920 bits per heavy atom. The molecule has 0 saturated carbocycles. The van der Waals surface area contributed by atoms with E-state index < -0.39 is 70.5 Å². The highest BCUT2D eigenvalue weighted by atomic mass is 32.2. The van der Waals surface area contributed by atoms with E-state index in [2.05, 4.69) is 14.7 Å². The number of nitrogens with zero attached hydrogens (tertiary/aromatic N) is 2. The highest BCUT2D eigenvalue weighted by Crippen LogP contribution is 2.36. The molecule has 0 bridgehead atoms. The van der Waals surface area contributed by atoms with Crippen LogP contribution < -0.4 is 9.64 Å². The monoisotopic (exact) mass is 728 g/mol. The Morgan fingerprint density at radius 2 is 1.46 bits per heavy atom. The van der Waals surface area contributed by atoms with Crippen LogP contribution in [0.3, 0.4) is 0 Å². The second-order valence-electron chi connectivity index (χ2n) is 12.6. The number of rotatable bonds is 7. The normalized spacial score (nSPS) is 12.5. The molecule has 4 aromatic rings. The predicted molar refractivity (Wildman–Crippen MR) is 172 cm³/mol. The van der Waals surface area contributed by atoms with Gasteiger partial charge in [0, 0.05) is 29.4 Å². The van der Waals surface area contributed by atoms with E-state index in [0.717, 1.165) is 5.56 Å². The zero-order chi connectivity index (χ0) is 37.6. The molecule has 272 valence electrons. The highest BCUT2D eigenvalue weighted by Gasteiger charge is 2.34. The minimum absolute atomic E-state index is 0.116. The summed E-state index contributed by atoms with van der Waals surface area (Å²) in [6.07, 6.45) is -4.87. The predicted octanol–water partition coefficient (Wildman–Crippen LogP) is 8.62. The molecule has 0 fully saturated rings. The number of alkyl halides is 3. The molecule has 0 spiro atoms. The molecule has 0 saturated heterocycles. The number of hydrogen-bond donors (Lipinski definition) is 1. The van der Waals surface area contributed by atoms with Crippen molar-refractivity contribution in [3.8, 4) is 11.5 Å². The molecule has 0 aliphatic heterocycles. The van der Waals surface area contributed by atoms with Gasteiger partial charge in [0.2, 0.25) is 0 Å². The van der Waals surface area contributed by atoms with Crippen molar-refractivity contribution in [1.82, 2.24) is 9.97 Å². The van der Waals surface area contributed by atoms with Crippen LogP contribution in [0.15, 0.2) is 59.8 Å². The standard InChI is InChI=1S/C26H28F5N3O6.C7H8O2S/c1-24(2,3)39-22(35)34(23(36)40-25(4,5)6)15-11-16(27)20(17(28)12-15)38-18-7-9-32-21-19(18)14(13-33-21)8-10-37-26(29,30)31;1-6-2-4-7(5-3-6)10(8)9/h7,9,11-13H,8,10H2,1-6H3,(H,32,33);2-5H,1H3,(H,8,9)/p-1. The number of fused-ring (bicyclic) bond motifs is 1. The summed E-state index contributed by atoms with van der Waals surface area (Å²) >= 11 is -2.09. The van der Waals surface area contributed by atoms with E-state index >= 15 is 8.78 Å². The van der Waals surface area contributed by atoms with Crippen LogP contribution in [0, 0.1) is 18.6 Å². The van der Waals surface area contributed by atoms with E-state index in [1.54, 1.807) is 24.3 Å². The molecular formula is C33H35F5N3O8S-. The van der Waals surface area contributed by atoms with Gasteiger partial charge in [0.05, 0.1) is 17.7 Å². The van der Waals surface area contributed by atoms with E-state index in [1.165, 1.54) is 60.0 Å². The number of carbonyl (C=O) groups excluding carboxylic acids is 2. The number of imide groups is 1. The zero-order valence-corrected chi connectivity index (χ0v) is 28.9. The maximum atomic E-state index is 15.3. The SMILES string of the molecule is CC(C)(C)OC(=O)N(C(=O)OC(C)(C)C)c1cc(F)c(Oc2ccnc3[nH]cc(CCOC(F)(F)F)c23)c(F)c1.Cc1ccc(S(=O)[O-])cc1. The summed E-state index contributed by atoms with van der Waals surface area (Å²) < 4.78 is 108. The average Bonchev–Trinajstić information content (AvgIpc) is 3.37. The summed E-state index contributed by atoms with van der Waals surface area (Å²) in [5, 5.41) is 0.181. The Hall–Kier alpha value is -4.61. The number of nitrogens with one attached hydrogen (secondary N) is 1. The van der Waals surface area contributed by atoms with Crippen LogP contribution in [0.1, 0.15) is 52.7 Å². The van der Waals surface area contributed by atoms with Crippen LogP contribution in [0.5, 0.6) is 11.5 Å². The number of anilines is 1. The molecule has 4 rings (SSSR count). The molecule has 0 radical (unpaired) electrons. The van der Waals surface area contributed by atoms with Crippen molar-refractivity contribution in [2.45, 2.75) is 77.3 Å². The van der Waals surface area contributed by atoms with Crippen LogP contribution in [-0.2, 0) is 31.7 Å². The topological polar surface area (TPSA) is 143 Å². The average molecular weight is 729 g/mol. The summed E-state index contributed by atoms with van der Waals surface area (Å²) in [5.74, 6) is -3.61. The van der Waals surface area contributed by atoms with E-state index in [0.29, 0.717) is 27.5 Å². The molecule has 2 aromatic carbocycles. The molecule has 50 heavy (non-hydrogen) atoms. The Labute approximate surface area is 287 Å². The Morgan fingerprint density at radius 3 is 1.94 bits per heavy atom. The largest absolute Gasteiger partial charge is 0.768 e. The fourth-order valence-corrected chi connectivity index (χ4v) is 4.44. The first-order valence-electron chi connectivity index (χ1n) is 14.8. The molecule has 17 heteroatoms. The van der Waals surface area contributed by atoms with Crippen molar-refractivity contribution >= 4 is 40.0 Å². The number of amides is 2. The number of aromatic amines is 1. The summed E-state index contributed by atoms with van der Waals surface area (Å²) in [5.41, 5.74) is -1.09. The van der Waals surface area contributed by atoms with Gasteiger partial charge in [-0.2, -0.15) is 4.90 Å². The number of ether oxygens (including phenoxy) is 4. The van der Waals surface area contributed by atoms with E-state index in [9.17, 15) is 31.5 Å². The van der Waals surface area contributed by atoms with E-state index in [1.807, 2.05) is 6.92 Å². The molecule has 2 heterocycles. The molecule has 1 N–H and O–H groups in total. The van der Waals surface area contributed by atoms with Gasteiger partial charge in [-0.3, -0.25) is 8.95 Å². The number of aryl methyl sites for hydroxylation is 1. The van der Waals surface area contributed by atoms with Gasteiger partial charge in [-0.05, 0) is 89.7 Å². The van der Waals surface area contributed by atoms with Crippen molar-refractivity contribution in [3.05, 3.63) is 77.6 Å². The smallest absolute Gasteiger partial charge is 0.522 e. The number of carbonyl (C=O) groups is 2. The lowest BCUT2D eigenvalue weighted by molar-refractivity contribution is -0.324. The van der Waals surface area contributed by atoms with E-state index in [-0.39, 0.29) is 23.2 Å². The Balaban J connectivity index is 0.000000578. The van der Waals surface area contributed by atoms with Gasteiger partial charge >= 0.3 is 18.5 Å². The van der Waals surface area contributed by atoms with Crippen molar-refractivity contribution in [3.63, 3.8) is 0 Å². The summed E-state index contributed by atoms with van der Waals surface area (Å²) in [6, 6.07) is 9.33. The van der Waals surface area contributed by atoms with Crippen molar-refractivity contribution in [1.29, 1.82) is 0 Å². The first-order chi connectivity index (χ1) is 23.0.